The third-order valence-electron chi connectivity index (χ3n) is 3.04. The topological polar surface area (TPSA) is 37.3 Å². The van der Waals surface area contributed by atoms with Crippen molar-refractivity contribution in [3.63, 3.8) is 0 Å². The molecule has 19 heavy (non-hydrogen) atoms. The van der Waals surface area contributed by atoms with E-state index in [2.05, 4.69) is 18.2 Å². The number of hydrogen-bond donors (Lipinski definition) is 1. The molecule has 1 unspecified atom stereocenters. The molecule has 0 aliphatic heterocycles. The molecule has 0 heterocycles. The summed E-state index contributed by atoms with van der Waals surface area (Å²) in [6.45, 7) is 0. The molecule has 0 saturated carbocycles. The number of thioether (sulfide) groups is 1. The predicted octanol–water partition coefficient (Wildman–Crippen LogP) is 4.99. The number of allylic oxidation sites excluding steroid dienone is 3. The van der Waals surface area contributed by atoms with Crippen molar-refractivity contribution in [1.82, 2.24) is 0 Å². The lowest BCUT2D eigenvalue weighted by Gasteiger charge is -2.04. The smallest absolute Gasteiger partial charge is 0.303 e. The Hall–Kier alpha value is -0.410. The highest BCUT2D eigenvalue weighted by Gasteiger charge is 2.05. The number of rotatable bonds is 9. The Labute approximate surface area is 125 Å². The van der Waals surface area contributed by atoms with Gasteiger partial charge in [-0.1, -0.05) is 37.5 Å². The van der Waals surface area contributed by atoms with E-state index < -0.39 is 5.97 Å². The van der Waals surface area contributed by atoms with Crippen LogP contribution in [0.4, 0.5) is 0 Å². The van der Waals surface area contributed by atoms with Crippen LogP contribution in [0.1, 0.15) is 51.4 Å². The molecule has 1 atom stereocenters. The first-order valence-electron chi connectivity index (χ1n) is 7.05. The quantitative estimate of drug-likeness (QED) is 0.482. The summed E-state index contributed by atoms with van der Waals surface area (Å²) in [5, 5.41) is 8.69. The van der Waals surface area contributed by atoms with Crippen molar-refractivity contribution in [1.29, 1.82) is 0 Å². The zero-order chi connectivity index (χ0) is 13.9. The molecule has 1 N–H and O–H groups in total. The van der Waals surface area contributed by atoms with E-state index in [-0.39, 0.29) is 5.38 Å². The Morgan fingerprint density at radius 1 is 1.32 bits per heavy atom. The first kappa shape index (κ1) is 16.6. The van der Waals surface area contributed by atoms with Crippen LogP contribution in [0.25, 0.3) is 0 Å². The van der Waals surface area contributed by atoms with Gasteiger partial charge >= 0.3 is 5.97 Å². The fraction of sp³-hybridized carbons (Fsp3) is 0.667. The normalized spacial score (nSPS) is 19.0. The lowest BCUT2D eigenvalue weighted by Crippen LogP contribution is -1.93. The Balaban J connectivity index is 1.99. The minimum Gasteiger partial charge on any atom is -0.481 e. The minimum absolute atomic E-state index is 0.175. The van der Waals surface area contributed by atoms with Gasteiger partial charge in [-0.15, -0.1) is 23.4 Å². The zero-order valence-corrected chi connectivity index (χ0v) is 12.9. The van der Waals surface area contributed by atoms with Crippen LogP contribution in [0.15, 0.2) is 23.1 Å². The van der Waals surface area contributed by atoms with Crippen molar-refractivity contribution >= 4 is 29.3 Å². The van der Waals surface area contributed by atoms with Crippen molar-refractivity contribution in [3.05, 3.63) is 23.1 Å². The predicted molar refractivity (Wildman–Crippen MR) is 83.9 cm³/mol. The molecular formula is C15H23ClO2S. The van der Waals surface area contributed by atoms with Crippen LogP contribution in [-0.4, -0.2) is 22.2 Å². The Morgan fingerprint density at radius 2 is 2.05 bits per heavy atom. The highest BCUT2D eigenvalue weighted by molar-refractivity contribution is 8.03. The number of unbranched alkanes of at least 4 members (excludes halogenated alkanes) is 4. The Bertz CT molecular complexity index is 326. The standard InChI is InChI=1S/C15H23ClO2S/c16-13-8-5-6-9-14(12-13)19-11-7-3-1-2-4-10-15(17)18/h6,9,12-13H,1-5,7-8,10-11H2,(H,17,18). The van der Waals surface area contributed by atoms with Gasteiger partial charge in [-0.05, 0) is 31.4 Å². The van der Waals surface area contributed by atoms with Crippen molar-refractivity contribution in [3.8, 4) is 0 Å². The number of aliphatic carboxylic acids is 1. The third kappa shape index (κ3) is 9.17. The largest absolute Gasteiger partial charge is 0.481 e. The Kier molecular flexibility index (Phi) is 9.10. The molecule has 1 aliphatic carbocycles. The van der Waals surface area contributed by atoms with Crippen molar-refractivity contribution in [2.45, 2.75) is 56.7 Å². The van der Waals surface area contributed by atoms with E-state index in [1.807, 2.05) is 11.8 Å². The van der Waals surface area contributed by atoms with Gasteiger partial charge in [-0.25, -0.2) is 0 Å². The van der Waals surface area contributed by atoms with Gasteiger partial charge in [0.15, 0.2) is 0 Å². The highest BCUT2D eigenvalue weighted by Crippen LogP contribution is 2.25. The van der Waals surface area contributed by atoms with Gasteiger partial charge in [0, 0.05) is 11.3 Å². The molecule has 0 aromatic carbocycles. The summed E-state index contributed by atoms with van der Waals surface area (Å²) < 4.78 is 0. The highest BCUT2D eigenvalue weighted by atomic mass is 35.5. The monoisotopic (exact) mass is 302 g/mol. The molecule has 1 rings (SSSR count). The van der Waals surface area contributed by atoms with Gasteiger partial charge in [-0.3, -0.25) is 4.79 Å². The third-order valence-corrected chi connectivity index (χ3v) is 4.48. The maximum atomic E-state index is 10.3. The van der Waals surface area contributed by atoms with Gasteiger partial charge in [0.2, 0.25) is 0 Å². The lowest BCUT2D eigenvalue weighted by molar-refractivity contribution is -0.137. The number of carboxylic acids is 1. The molecular weight excluding hydrogens is 280 g/mol. The van der Waals surface area contributed by atoms with E-state index in [1.165, 1.54) is 17.7 Å². The molecule has 0 radical (unpaired) electrons. The van der Waals surface area contributed by atoms with Crippen molar-refractivity contribution in [2.75, 3.05) is 5.75 Å². The van der Waals surface area contributed by atoms with Crippen LogP contribution in [0.5, 0.6) is 0 Å². The van der Waals surface area contributed by atoms with Crippen molar-refractivity contribution in [2.24, 2.45) is 0 Å². The second kappa shape index (κ2) is 10.4. The average molecular weight is 303 g/mol. The first-order valence-corrected chi connectivity index (χ1v) is 8.47. The van der Waals surface area contributed by atoms with Crippen molar-refractivity contribution < 1.29 is 9.90 Å². The second-order valence-electron chi connectivity index (χ2n) is 4.82. The minimum atomic E-state index is -0.682. The van der Waals surface area contributed by atoms with E-state index in [0.717, 1.165) is 37.9 Å². The summed E-state index contributed by atoms with van der Waals surface area (Å²) in [4.78, 5) is 11.6. The molecule has 0 spiro atoms. The van der Waals surface area contributed by atoms with Crippen LogP contribution in [0.3, 0.4) is 0 Å². The molecule has 4 heteroatoms. The van der Waals surface area contributed by atoms with Gasteiger partial charge < -0.3 is 5.11 Å². The number of halogens is 1. The molecule has 0 saturated heterocycles. The summed E-state index contributed by atoms with van der Waals surface area (Å²) in [7, 11) is 0. The molecule has 2 nitrogen and oxygen atoms in total. The maximum absolute atomic E-state index is 10.3. The number of carboxylic acid groups (broad SMARTS) is 1. The summed E-state index contributed by atoms with van der Waals surface area (Å²) in [6.07, 6.45) is 14.3. The molecule has 0 aromatic rings. The van der Waals surface area contributed by atoms with Crippen LogP contribution in [0.2, 0.25) is 0 Å². The number of hydrogen-bond acceptors (Lipinski definition) is 2. The summed E-state index contributed by atoms with van der Waals surface area (Å²) in [5.41, 5.74) is 0. The molecule has 0 fully saturated rings. The van der Waals surface area contributed by atoms with E-state index in [0.29, 0.717) is 6.42 Å². The van der Waals surface area contributed by atoms with Gasteiger partial charge in [0.25, 0.3) is 0 Å². The van der Waals surface area contributed by atoms with E-state index in [1.54, 1.807) is 0 Å². The second-order valence-corrected chi connectivity index (χ2v) is 6.55. The van der Waals surface area contributed by atoms with Crippen LogP contribution < -0.4 is 0 Å². The molecule has 0 aromatic heterocycles. The first-order chi connectivity index (χ1) is 9.18. The van der Waals surface area contributed by atoms with E-state index in [4.69, 9.17) is 16.7 Å². The molecule has 108 valence electrons. The molecule has 0 bridgehead atoms. The summed E-state index contributed by atoms with van der Waals surface area (Å²) >= 11 is 8.04. The molecule has 1 aliphatic rings. The maximum Gasteiger partial charge on any atom is 0.303 e. The summed E-state index contributed by atoms with van der Waals surface area (Å²) in [6, 6.07) is 0. The number of carbonyl (C=O) groups is 1. The van der Waals surface area contributed by atoms with Gasteiger partial charge in [-0.2, -0.15) is 0 Å². The Morgan fingerprint density at radius 3 is 2.84 bits per heavy atom. The van der Waals surface area contributed by atoms with Crippen LogP contribution >= 0.6 is 23.4 Å². The SMILES string of the molecule is O=C(O)CCCCCCCSC1=CC(Cl)CCC=C1. The van der Waals surface area contributed by atoms with E-state index >= 15 is 0 Å². The molecule has 0 amide bonds. The fourth-order valence-electron chi connectivity index (χ4n) is 1.97. The fourth-order valence-corrected chi connectivity index (χ4v) is 3.34. The zero-order valence-electron chi connectivity index (χ0n) is 11.3. The summed E-state index contributed by atoms with van der Waals surface area (Å²) in [5.74, 6) is 0.442. The van der Waals surface area contributed by atoms with Crippen LogP contribution in [-0.2, 0) is 4.79 Å². The van der Waals surface area contributed by atoms with Gasteiger partial charge in [0.1, 0.15) is 0 Å². The van der Waals surface area contributed by atoms with E-state index in [9.17, 15) is 4.79 Å². The average Bonchev–Trinajstić information content (AvgIpc) is 2.56. The number of alkyl halides is 1. The van der Waals surface area contributed by atoms with Crippen LogP contribution in [0, 0.1) is 0 Å². The van der Waals surface area contributed by atoms with Gasteiger partial charge in [0.05, 0.1) is 5.38 Å². The lowest BCUT2D eigenvalue weighted by atomic mass is 10.1.